The minimum absolute atomic E-state index is 0.0845. The molecule has 3 rings (SSSR count). The van der Waals surface area contributed by atoms with Crippen molar-refractivity contribution in [2.24, 2.45) is 0 Å². The molecule has 0 fully saturated rings. The highest BCUT2D eigenvalue weighted by Crippen LogP contribution is 2.27. The summed E-state index contributed by atoms with van der Waals surface area (Å²) in [5, 5.41) is 8.72. The van der Waals surface area contributed by atoms with Gasteiger partial charge in [-0.05, 0) is 43.8 Å². The van der Waals surface area contributed by atoms with Crippen molar-refractivity contribution < 1.29 is 8.81 Å². The van der Waals surface area contributed by atoms with E-state index >= 15 is 0 Å². The first kappa shape index (κ1) is 16.6. The molecular weight excluding hydrogens is 329 g/mol. The van der Waals surface area contributed by atoms with Gasteiger partial charge >= 0.3 is 0 Å². The monoisotopic (exact) mass is 345 g/mol. The average molecular weight is 346 g/mol. The second-order valence-electron chi connectivity index (χ2n) is 5.62. The van der Waals surface area contributed by atoms with E-state index in [1.165, 1.54) is 12.1 Å². The van der Waals surface area contributed by atoms with Crippen molar-refractivity contribution in [3.05, 3.63) is 70.8 Å². The lowest BCUT2D eigenvalue weighted by Crippen LogP contribution is -2.22. The molecule has 0 saturated heterocycles. The maximum Gasteiger partial charge on any atom is 0.249 e. The largest absolute Gasteiger partial charge is 0.419 e. The highest BCUT2D eigenvalue weighted by molar-refractivity contribution is 6.33. The number of aromatic nitrogens is 2. The molecule has 0 N–H and O–H groups in total. The Morgan fingerprint density at radius 2 is 1.83 bits per heavy atom. The number of hydrogen-bond donors (Lipinski definition) is 0. The molecule has 6 heteroatoms. The van der Waals surface area contributed by atoms with Gasteiger partial charge in [-0.15, -0.1) is 10.2 Å². The van der Waals surface area contributed by atoms with E-state index in [9.17, 15) is 4.39 Å². The van der Waals surface area contributed by atoms with E-state index in [1.54, 1.807) is 18.2 Å². The molecule has 24 heavy (non-hydrogen) atoms. The van der Waals surface area contributed by atoms with Crippen LogP contribution in [0.25, 0.3) is 11.5 Å². The highest BCUT2D eigenvalue weighted by atomic mass is 35.5. The lowest BCUT2D eigenvalue weighted by molar-refractivity contribution is 0.228. The van der Waals surface area contributed by atoms with Gasteiger partial charge in [0.25, 0.3) is 0 Å². The molecule has 0 bridgehead atoms. The molecule has 0 spiro atoms. The van der Waals surface area contributed by atoms with Crippen LogP contribution >= 0.6 is 11.6 Å². The van der Waals surface area contributed by atoms with Crippen LogP contribution in [-0.2, 0) is 6.54 Å². The van der Waals surface area contributed by atoms with Gasteiger partial charge in [-0.1, -0.05) is 35.9 Å². The van der Waals surface area contributed by atoms with Crippen LogP contribution < -0.4 is 0 Å². The van der Waals surface area contributed by atoms with Gasteiger partial charge in [0.15, 0.2) is 0 Å². The summed E-state index contributed by atoms with van der Waals surface area (Å²) in [5.41, 5.74) is 1.73. The molecule has 3 aromatic rings. The number of rotatable bonds is 5. The van der Waals surface area contributed by atoms with Crippen LogP contribution in [-0.4, -0.2) is 22.1 Å². The lowest BCUT2D eigenvalue weighted by atomic mass is 10.1. The van der Waals surface area contributed by atoms with Crippen LogP contribution in [0.2, 0.25) is 5.02 Å². The summed E-state index contributed by atoms with van der Waals surface area (Å²) < 4.78 is 18.8. The second kappa shape index (κ2) is 7.11. The van der Waals surface area contributed by atoms with Crippen molar-refractivity contribution in [2.75, 3.05) is 7.05 Å². The zero-order valence-corrected chi connectivity index (χ0v) is 14.2. The van der Waals surface area contributed by atoms with E-state index in [0.29, 0.717) is 28.9 Å². The van der Waals surface area contributed by atoms with Crippen molar-refractivity contribution in [1.29, 1.82) is 0 Å². The average Bonchev–Trinajstić information content (AvgIpc) is 3.03. The highest BCUT2D eigenvalue weighted by Gasteiger charge is 2.17. The second-order valence-corrected chi connectivity index (χ2v) is 6.03. The lowest BCUT2D eigenvalue weighted by Gasteiger charge is -2.23. The third-order valence-corrected chi connectivity index (χ3v) is 4.30. The Balaban J connectivity index is 1.72. The molecule has 1 heterocycles. The van der Waals surface area contributed by atoms with E-state index < -0.39 is 0 Å². The Labute approximate surface area is 144 Å². The minimum Gasteiger partial charge on any atom is -0.419 e. The van der Waals surface area contributed by atoms with Gasteiger partial charge in [-0.3, -0.25) is 4.90 Å². The molecule has 0 saturated carbocycles. The Bertz CT molecular complexity index is 819. The standard InChI is InChI=1S/C18H17ClFN3O/c1-12(13-7-9-14(20)10-8-13)23(2)11-17-21-22-18(24-17)15-5-3-4-6-16(15)19/h3-10,12H,11H2,1-2H3. The molecule has 0 aliphatic carbocycles. The van der Waals surface area contributed by atoms with E-state index in [2.05, 4.69) is 15.1 Å². The van der Waals surface area contributed by atoms with Gasteiger partial charge in [0.2, 0.25) is 11.8 Å². The van der Waals surface area contributed by atoms with Crippen LogP contribution in [0.15, 0.2) is 52.9 Å². The van der Waals surface area contributed by atoms with Crippen molar-refractivity contribution in [3.8, 4) is 11.5 Å². The molecule has 124 valence electrons. The first-order chi connectivity index (χ1) is 11.5. The molecule has 0 radical (unpaired) electrons. The maximum atomic E-state index is 13.0. The summed E-state index contributed by atoms with van der Waals surface area (Å²) in [6.45, 7) is 2.52. The van der Waals surface area contributed by atoms with Gasteiger partial charge in [0, 0.05) is 6.04 Å². The molecule has 4 nitrogen and oxygen atoms in total. The molecule has 1 atom stereocenters. The number of halogens is 2. The molecule has 1 aromatic heterocycles. The Hall–Kier alpha value is -2.24. The molecule has 2 aromatic carbocycles. The number of hydrogen-bond acceptors (Lipinski definition) is 4. The minimum atomic E-state index is -0.241. The summed E-state index contributed by atoms with van der Waals surface area (Å²) >= 11 is 6.15. The summed E-state index contributed by atoms with van der Waals surface area (Å²) in [4.78, 5) is 2.05. The number of nitrogens with zero attached hydrogens (tertiary/aromatic N) is 3. The fourth-order valence-electron chi connectivity index (χ4n) is 2.41. The Morgan fingerprint density at radius 3 is 2.54 bits per heavy atom. The van der Waals surface area contributed by atoms with Crippen LogP contribution in [0.3, 0.4) is 0 Å². The zero-order chi connectivity index (χ0) is 17.1. The van der Waals surface area contributed by atoms with E-state index in [1.807, 2.05) is 32.2 Å². The first-order valence-corrected chi connectivity index (χ1v) is 7.95. The van der Waals surface area contributed by atoms with Crippen LogP contribution in [0, 0.1) is 5.82 Å². The Morgan fingerprint density at radius 1 is 1.12 bits per heavy atom. The molecule has 0 aliphatic heterocycles. The maximum absolute atomic E-state index is 13.0. The Kier molecular flexibility index (Phi) is 4.92. The number of benzene rings is 2. The van der Waals surface area contributed by atoms with E-state index in [-0.39, 0.29) is 11.9 Å². The van der Waals surface area contributed by atoms with E-state index in [4.69, 9.17) is 16.0 Å². The molecule has 1 unspecified atom stereocenters. The van der Waals surface area contributed by atoms with Crippen LogP contribution in [0.5, 0.6) is 0 Å². The quantitative estimate of drug-likeness (QED) is 0.671. The van der Waals surface area contributed by atoms with Crippen LogP contribution in [0.4, 0.5) is 4.39 Å². The van der Waals surface area contributed by atoms with Crippen molar-refractivity contribution in [3.63, 3.8) is 0 Å². The van der Waals surface area contributed by atoms with Gasteiger partial charge in [0.05, 0.1) is 17.1 Å². The van der Waals surface area contributed by atoms with Gasteiger partial charge in [0.1, 0.15) is 5.82 Å². The van der Waals surface area contributed by atoms with Crippen molar-refractivity contribution in [2.45, 2.75) is 19.5 Å². The molecule has 0 aliphatic rings. The fourth-order valence-corrected chi connectivity index (χ4v) is 2.62. The SMILES string of the molecule is CC(c1ccc(F)cc1)N(C)Cc1nnc(-c2ccccc2Cl)o1. The van der Waals surface area contributed by atoms with Gasteiger partial charge < -0.3 is 4.42 Å². The normalized spacial score (nSPS) is 12.5. The topological polar surface area (TPSA) is 42.2 Å². The smallest absolute Gasteiger partial charge is 0.249 e. The molecule has 0 amide bonds. The predicted molar refractivity (Wildman–Crippen MR) is 91.0 cm³/mol. The predicted octanol–water partition coefficient (Wildman–Crippen LogP) is 4.72. The summed E-state index contributed by atoms with van der Waals surface area (Å²) in [6, 6.07) is 13.9. The van der Waals surface area contributed by atoms with Gasteiger partial charge in [-0.25, -0.2) is 4.39 Å². The van der Waals surface area contributed by atoms with Crippen LogP contribution in [0.1, 0.15) is 24.4 Å². The summed E-state index contributed by atoms with van der Waals surface area (Å²) in [7, 11) is 1.95. The zero-order valence-electron chi connectivity index (χ0n) is 13.4. The van der Waals surface area contributed by atoms with E-state index in [0.717, 1.165) is 5.56 Å². The third-order valence-electron chi connectivity index (χ3n) is 3.97. The fraction of sp³-hybridized carbons (Fsp3) is 0.222. The van der Waals surface area contributed by atoms with Gasteiger partial charge in [-0.2, -0.15) is 0 Å². The first-order valence-electron chi connectivity index (χ1n) is 7.57. The third kappa shape index (κ3) is 3.63. The summed E-state index contributed by atoms with van der Waals surface area (Å²) in [5.74, 6) is 0.662. The van der Waals surface area contributed by atoms with Crippen molar-refractivity contribution >= 4 is 11.6 Å². The van der Waals surface area contributed by atoms with Crippen molar-refractivity contribution in [1.82, 2.24) is 15.1 Å². The summed E-state index contributed by atoms with van der Waals surface area (Å²) in [6.07, 6.45) is 0. The molecular formula is C18H17ClFN3O.